The first-order valence-corrected chi connectivity index (χ1v) is 9.60. The molecule has 2 atom stereocenters. The van der Waals surface area contributed by atoms with Crippen LogP contribution in [0.3, 0.4) is 0 Å². The Labute approximate surface area is 170 Å². The Morgan fingerprint density at radius 3 is 2.47 bits per heavy atom. The van der Waals surface area contributed by atoms with Crippen molar-refractivity contribution < 1.29 is 17.9 Å². The predicted octanol–water partition coefficient (Wildman–Crippen LogP) is 3.85. The van der Waals surface area contributed by atoms with Crippen molar-refractivity contribution >= 4 is 22.7 Å². The number of nitrogens with one attached hydrogen (secondary N) is 1. The lowest BCUT2D eigenvalue weighted by Gasteiger charge is -2.29. The van der Waals surface area contributed by atoms with E-state index in [1.165, 1.54) is 24.3 Å². The van der Waals surface area contributed by atoms with Crippen molar-refractivity contribution in [2.75, 3.05) is 11.1 Å². The predicted molar refractivity (Wildman–Crippen MR) is 108 cm³/mol. The normalized spacial score (nSPS) is 19.6. The number of hydrogen-bond donors (Lipinski definition) is 3. The molecular weight excluding hydrogens is 397 g/mol. The van der Waals surface area contributed by atoms with Gasteiger partial charge in [0.15, 0.2) is 0 Å². The van der Waals surface area contributed by atoms with Crippen LogP contribution in [0.4, 0.5) is 24.9 Å². The molecule has 1 aromatic carbocycles. The van der Waals surface area contributed by atoms with Crippen LogP contribution in [-0.4, -0.2) is 33.4 Å². The molecule has 7 nitrogen and oxygen atoms in total. The minimum absolute atomic E-state index is 0.0289. The van der Waals surface area contributed by atoms with Gasteiger partial charge >= 0.3 is 6.36 Å². The summed E-state index contributed by atoms with van der Waals surface area (Å²) >= 11 is 0. The van der Waals surface area contributed by atoms with Crippen LogP contribution in [0.25, 0.3) is 22.0 Å². The van der Waals surface area contributed by atoms with E-state index >= 15 is 0 Å². The van der Waals surface area contributed by atoms with E-state index in [1.807, 2.05) is 0 Å². The van der Waals surface area contributed by atoms with Crippen molar-refractivity contribution in [3.63, 3.8) is 0 Å². The van der Waals surface area contributed by atoms with E-state index < -0.39 is 6.36 Å². The number of hydrogen-bond acceptors (Lipinski definition) is 7. The lowest BCUT2D eigenvalue weighted by molar-refractivity contribution is -0.274. The summed E-state index contributed by atoms with van der Waals surface area (Å²) < 4.78 is 41.1. The molecule has 1 aliphatic rings. The van der Waals surface area contributed by atoms with E-state index in [4.69, 9.17) is 11.5 Å². The zero-order valence-corrected chi connectivity index (χ0v) is 16.0. The number of halogens is 3. The van der Waals surface area contributed by atoms with Crippen LogP contribution in [0.15, 0.2) is 36.7 Å². The van der Waals surface area contributed by atoms with Gasteiger partial charge in [-0.1, -0.05) is 25.0 Å². The summed E-state index contributed by atoms with van der Waals surface area (Å²) in [5.41, 5.74) is 14.0. The molecule has 3 aromatic rings. The first-order valence-electron chi connectivity index (χ1n) is 9.60. The molecule has 0 bridgehead atoms. The molecule has 1 aliphatic carbocycles. The highest BCUT2D eigenvalue weighted by Crippen LogP contribution is 2.32. The second-order valence-corrected chi connectivity index (χ2v) is 7.28. The Balaban J connectivity index is 1.68. The molecule has 0 saturated heterocycles. The van der Waals surface area contributed by atoms with E-state index in [1.54, 1.807) is 12.4 Å². The molecule has 10 heteroatoms. The summed E-state index contributed by atoms with van der Waals surface area (Å²) in [6.07, 6.45) is 2.47. The summed E-state index contributed by atoms with van der Waals surface area (Å²) in [7, 11) is 0. The van der Waals surface area contributed by atoms with Gasteiger partial charge in [-0.2, -0.15) is 0 Å². The fourth-order valence-electron chi connectivity index (χ4n) is 3.66. The van der Waals surface area contributed by atoms with Gasteiger partial charge in [0.05, 0.1) is 10.9 Å². The van der Waals surface area contributed by atoms with E-state index in [-0.39, 0.29) is 23.7 Å². The van der Waals surface area contributed by atoms with Crippen LogP contribution in [0.5, 0.6) is 5.75 Å². The Bertz CT molecular complexity index is 1040. The first-order chi connectivity index (χ1) is 14.3. The lowest BCUT2D eigenvalue weighted by atomic mass is 9.91. The molecule has 0 aliphatic heterocycles. The van der Waals surface area contributed by atoms with Crippen molar-refractivity contribution in [2.45, 2.75) is 44.1 Å². The van der Waals surface area contributed by atoms with Crippen LogP contribution in [0.2, 0.25) is 0 Å². The van der Waals surface area contributed by atoms with Gasteiger partial charge in [-0.05, 0) is 30.5 Å². The van der Waals surface area contributed by atoms with Gasteiger partial charge < -0.3 is 21.5 Å². The quantitative estimate of drug-likeness (QED) is 0.590. The molecule has 1 saturated carbocycles. The van der Waals surface area contributed by atoms with Crippen molar-refractivity contribution in [3.8, 4) is 16.9 Å². The second kappa shape index (κ2) is 7.94. The Hall–Kier alpha value is -3.14. The summed E-state index contributed by atoms with van der Waals surface area (Å²) in [5.74, 6) is 0.391. The maximum atomic E-state index is 12.4. The number of alkyl halides is 3. The SMILES string of the molecule is Nc1ncc(-c2ccc(OC(F)(F)F)cc2)c2nc(NC3CCCCC3N)ncc12. The Kier molecular flexibility index (Phi) is 5.33. The van der Waals surface area contributed by atoms with Gasteiger partial charge in [0.25, 0.3) is 0 Å². The third-order valence-corrected chi connectivity index (χ3v) is 5.19. The molecule has 158 valence electrons. The number of anilines is 2. The smallest absolute Gasteiger partial charge is 0.406 e. The number of fused-ring (bicyclic) bond motifs is 1. The molecule has 0 radical (unpaired) electrons. The number of pyridine rings is 1. The summed E-state index contributed by atoms with van der Waals surface area (Å²) in [5, 5.41) is 3.86. The van der Waals surface area contributed by atoms with Gasteiger partial charge in [-0.15, -0.1) is 13.2 Å². The monoisotopic (exact) mass is 418 g/mol. The fraction of sp³-hybridized carbons (Fsp3) is 0.350. The summed E-state index contributed by atoms with van der Waals surface area (Å²) in [4.78, 5) is 13.1. The first kappa shape index (κ1) is 20.1. The number of nitrogens with zero attached hydrogens (tertiary/aromatic N) is 3. The van der Waals surface area contributed by atoms with Crippen molar-refractivity contribution in [1.29, 1.82) is 0 Å². The highest BCUT2D eigenvalue weighted by molar-refractivity contribution is 5.98. The molecule has 5 N–H and O–H groups in total. The average molecular weight is 418 g/mol. The lowest BCUT2D eigenvalue weighted by Crippen LogP contribution is -2.42. The number of nitrogens with two attached hydrogens (primary N) is 2. The van der Waals surface area contributed by atoms with E-state index in [2.05, 4.69) is 25.0 Å². The number of rotatable bonds is 4. The topological polar surface area (TPSA) is 112 Å². The van der Waals surface area contributed by atoms with Crippen molar-refractivity contribution in [1.82, 2.24) is 15.0 Å². The zero-order chi connectivity index (χ0) is 21.3. The van der Waals surface area contributed by atoms with E-state index in [0.717, 1.165) is 25.7 Å². The highest BCUT2D eigenvalue weighted by Gasteiger charge is 2.31. The number of benzene rings is 1. The number of aromatic nitrogens is 3. The highest BCUT2D eigenvalue weighted by atomic mass is 19.4. The molecule has 2 unspecified atom stereocenters. The molecule has 30 heavy (non-hydrogen) atoms. The molecule has 2 heterocycles. The van der Waals surface area contributed by atoms with Crippen LogP contribution >= 0.6 is 0 Å². The van der Waals surface area contributed by atoms with Gasteiger partial charge in [0.2, 0.25) is 5.95 Å². The molecule has 2 aromatic heterocycles. The molecule has 0 spiro atoms. The van der Waals surface area contributed by atoms with Gasteiger partial charge in [0, 0.05) is 30.0 Å². The van der Waals surface area contributed by atoms with Gasteiger partial charge in [0.1, 0.15) is 11.6 Å². The molecule has 0 amide bonds. The maximum absolute atomic E-state index is 12.4. The van der Waals surface area contributed by atoms with Crippen molar-refractivity contribution in [3.05, 3.63) is 36.7 Å². The summed E-state index contributed by atoms with van der Waals surface area (Å²) in [6, 6.07) is 5.62. The number of ether oxygens (including phenoxy) is 1. The standard InChI is InChI=1S/C20H21F3N6O/c21-20(22,23)30-12-7-5-11(6-8-12)13-9-26-18(25)14-10-27-19(29-17(13)14)28-16-4-2-1-3-15(16)24/h5-10,15-16H,1-4,24H2,(H2,25,26)(H,27,28,29). The van der Waals surface area contributed by atoms with E-state index in [0.29, 0.717) is 28.0 Å². The average Bonchev–Trinajstić information content (AvgIpc) is 2.70. The third-order valence-electron chi connectivity index (χ3n) is 5.19. The second-order valence-electron chi connectivity index (χ2n) is 7.28. The maximum Gasteiger partial charge on any atom is 0.573 e. The minimum atomic E-state index is -4.75. The molecule has 4 rings (SSSR count). The third kappa shape index (κ3) is 4.38. The van der Waals surface area contributed by atoms with Crippen LogP contribution < -0.4 is 21.5 Å². The van der Waals surface area contributed by atoms with Crippen LogP contribution in [0, 0.1) is 0 Å². The van der Waals surface area contributed by atoms with E-state index in [9.17, 15) is 13.2 Å². The van der Waals surface area contributed by atoms with Gasteiger partial charge in [-0.3, -0.25) is 0 Å². The fourth-order valence-corrected chi connectivity index (χ4v) is 3.66. The van der Waals surface area contributed by atoms with Crippen LogP contribution in [-0.2, 0) is 0 Å². The number of nitrogen functional groups attached to an aromatic ring is 1. The Morgan fingerprint density at radius 1 is 1.03 bits per heavy atom. The Morgan fingerprint density at radius 2 is 1.77 bits per heavy atom. The largest absolute Gasteiger partial charge is 0.573 e. The minimum Gasteiger partial charge on any atom is -0.406 e. The van der Waals surface area contributed by atoms with Crippen LogP contribution in [0.1, 0.15) is 25.7 Å². The van der Waals surface area contributed by atoms with Gasteiger partial charge in [-0.25, -0.2) is 15.0 Å². The molecular formula is C20H21F3N6O. The van der Waals surface area contributed by atoms with Crippen molar-refractivity contribution in [2.24, 2.45) is 5.73 Å². The zero-order valence-electron chi connectivity index (χ0n) is 16.0. The molecule has 1 fully saturated rings. The summed E-state index contributed by atoms with van der Waals surface area (Å²) in [6.45, 7) is 0.